The van der Waals surface area contributed by atoms with Gasteiger partial charge in [0.15, 0.2) is 0 Å². The number of piperidine rings is 1. The largest absolute Gasteiger partial charge is 0.390 e. The van der Waals surface area contributed by atoms with Gasteiger partial charge in [-0.2, -0.15) is 0 Å². The number of aliphatic hydroxyl groups is 1. The van der Waals surface area contributed by atoms with Crippen molar-refractivity contribution in [3.8, 4) is 0 Å². The predicted molar refractivity (Wildman–Crippen MR) is 73.7 cm³/mol. The van der Waals surface area contributed by atoms with Crippen LogP contribution in [0.3, 0.4) is 0 Å². The average molecular weight is 284 g/mol. The highest BCUT2D eigenvalue weighted by molar-refractivity contribution is 5.85. The maximum Gasteiger partial charge on any atom is 0.314 e. The number of fused-ring (bicyclic) bond motifs is 2. The van der Waals surface area contributed by atoms with Crippen molar-refractivity contribution in [2.75, 3.05) is 20.1 Å². The Morgan fingerprint density at radius 1 is 1.40 bits per heavy atom. The topological polar surface area (TPSA) is 113 Å². The van der Waals surface area contributed by atoms with Crippen molar-refractivity contribution in [2.24, 2.45) is 11.5 Å². The Hall–Kier alpha value is -1.34. The molecule has 114 valence electrons. The molecule has 7 nitrogen and oxygen atoms in total. The van der Waals surface area contributed by atoms with E-state index in [1.54, 1.807) is 7.05 Å². The van der Waals surface area contributed by atoms with Crippen LogP contribution >= 0.6 is 0 Å². The lowest BCUT2D eigenvalue weighted by molar-refractivity contribution is -0.132. The van der Waals surface area contributed by atoms with Crippen molar-refractivity contribution < 1.29 is 14.7 Å². The van der Waals surface area contributed by atoms with Crippen LogP contribution in [0.5, 0.6) is 0 Å². The molecule has 0 aromatic rings. The average Bonchev–Trinajstić information content (AvgIpc) is 2.59. The van der Waals surface area contributed by atoms with Crippen molar-refractivity contribution in [2.45, 2.75) is 49.8 Å². The van der Waals surface area contributed by atoms with E-state index in [1.807, 2.05) is 0 Å². The molecule has 3 amide bonds. The zero-order valence-electron chi connectivity index (χ0n) is 11.9. The number of rotatable bonds is 5. The van der Waals surface area contributed by atoms with Gasteiger partial charge in [0, 0.05) is 26.2 Å². The number of β-amino-alcohol motifs (C(OH)–C–C–N with tert-alkyl or cyclic N) is 1. The maximum absolute atomic E-state index is 11.9. The van der Waals surface area contributed by atoms with Crippen LogP contribution in [-0.2, 0) is 4.79 Å². The Morgan fingerprint density at radius 3 is 2.70 bits per heavy atom. The summed E-state index contributed by atoms with van der Waals surface area (Å²) >= 11 is 0. The van der Waals surface area contributed by atoms with Gasteiger partial charge >= 0.3 is 6.03 Å². The fourth-order valence-corrected chi connectivity index (χ4v) is 3.66. The van der Waals surface area contributed by atoms with E-state index in [-0.39, 0.29) is 12.5 Å². The van der Waals surface area contributed by atoms with Gasteiger partial charge in [0.2, 0.25) is 5.91 Å². The summed E-state index contributed by atoms with van der Waals surface area (Å²) in [7, 11) is 1.54. The number of nitrogens with zero attached hydrogens (tertiary/aromatic N) is 2. The number of carbonyl (C=O) groups is 2. The van der Waals surface area contributed by atoms with Crippen LogP contribution in [0, 0.1) is 0 Å². The van der Waals surface area contributed by atoms with E-state index in [0.29, 0.717) is 12.6 Å². The molecule has 7 heteroatoms. The van der Waals surface area contributed by atoms with E-state index in [4.69, 9.17) is 11.5 Å². The summed E-state index contributed by atoms with van der Waals surface area (Å²) < 4.78 is 0. The first-order chi connectivity index (χ1) is 9.36. The fraction of sp³-hybridized carbons (Fsp3) is 0.846. The molecule has 2 saturated heterocycles. The Bertz CT molecular complexity index is 399. The van der Waals surface area contributed by atoms with Crippen LogP contribution < -0.4 is 11.5 Å². The van der Waals surface area contributed by atoms with Crippen molar-refractivity contribution in [3.05, 3.63) is 0 Å². The molecule has 2 aliphatic heterocycles. The van der Waals surface area contributed by atoms with Crippen molar-refractivity contribution in [1.29, 1.82) is 0 Å². The van der Waals surface area contributed by atoms with Crippen molar-refractivity contribution in [1.82, 2.24) is 9.80 Å². The Labute approximate surface area is 118 Å². The lowest BCUT2D eigenvalue weighted by atomic mass is 9.87. The molecule has 3 atom stereocenters. The summed E-state index contributed by atoms with van der Waals surface area (Å²) in [6, 6.07) is -0.264. The molecule has 2 fully saturated rings. The fourth-order valence-electron chi connectivity index (χ4n) is 3.66. The molecule has 2 bridgehead atoms. The molecule has 1 unspecified atom stereocenters. The van der Waals surface area contributed by atoms with Crippen LogP contribution in [0.15, 0.2) is 0 Å². The van der Waals surface area contributed by atoms with Crippen molar-refractivity contribution >= 4 is 11.9 Å². The molecule has 2 rings (SSSR count). The van der Waals surface area contributed by atoms with Crippen LogP contribution in [0.2, 0.25) is 0 Å². The van der Waals surface area contributed by atoms with E-state index in [2.05, 4.69) is 4.90 Å². The molecular formula is C13H24N4O3. The maximum atomic E-state index is 11.9. The van der Waals surface area contributed by atoms with E-state index < -0.39 is 17.7 Å². The van der Waals surface area contributed by atoms with Gasteiger partial charge in [-0.1, -0.05) is 0 Å². The minimum atomic E-state index is -0.732. The zero-order chi connectivity index (χ0) is 14.9. The molecule has 0 aromatic heterocycles. The Morgan fingerprint density at radius 2 is 2.10 bits per heavy atom. The van der Waals surface area contributed by atoms with Crippen molar-refractivity contribution in [3.63, 3.8) is 0 Å². The summed E-state index contributed by atoms with van der Waals surface area (Å²) in [5.74, 6) is -0.296. The summed E-state index contributed by atoms with van der Waals surface area (Å²) in [4.78, 5) is 26.2. The summed E-state index contributed by atoms with van der Waals surface area (Å²) in [5.41, 5.74) is 10.2. The first-order valence-corrected chi connectivity index (χ1v) is 7.12. The SMILES string of the molecule is CN(CC(O)CN1[C@@H]2CCC[C@@]1(C(N)=O)CC2)C(N)=O. The number of hydrogen-bond donors (Lipinski definition) is 3. The number of amides is 3. The van der Waals surface area contributed by atoms with Gasteiger partial charge in [-0.05, 0) is 32.1 Å². The predicted octanol–water partition coefficient (Wildman–Crippen LogP) is -0.770. The third-order valence-electron chi connectivity index (χ3n) is 4.74. The normalized spacial score (nSPS) is 31.0. The van der Waals surface area contributed by atoms with Gasteiger partial charge in [-0.15, -0.1) is 0 Å². The van der Waals surface area contributed by atoms with Gasteiger partial charge in [0.1, 0.15) is 5.54 Å². The minimum absolute atomic E-state index is 0.160. The van der Waals surface area contributed by atoms with Gasteiger partial charge in [-0.3, -0.25) is 9.69 Å². The van der Waals surface area contributed by atoms with Crippen LogP contribution in [0.1, 0.15) is 32.1 Å². The Kier molecular flexibility index (Phi) is 4.19. The Balaban J connectivity index is 2.04. The van der Waals surface area contributed by atoms with Gasteiger partial charge in [-0.25, -0.2) is 4.79 Å². The third kappa shape index (κ3) is 2.60. The van der Waals surface area contributed by atoms with Gasteiger partial charge in [0.25, 0.3) is 0 Å². The second-order valence-corrected chi connectivity index (χ2v) is 6.01. The highest BCUT2D eigenvalue weighted by Gasteiger charge is 2.52. The molecule has 0 saturated carbocycles. The van der Waals surface area contributed by atoms with Crippen LogP contribution in [0.25, 0.3) is 0 Å². The second kappa shape index (κ2) is 5.57. The smallest absolute Gasteiger partial charge is 0.314 e. The molecule has 0 radical (unpaired) electrons. The molecule has 0 aromatic carbocycles. The highest BCUT2D eigenvalue weighted by atomic mass is 16.3. The highest BCUT2D eigenvalue weighted by Crippen LogP contribution is 2.43. The third-order valence-corrected chi connectivity index (χ3v) is 4.74. The number of aliphatic hydroxyl groups excluding tert-OH is 1. The van der Waals surface area contributed by atoms with Crippen LogP contribution in [0.4, 0.5) is 4.79 Å². The second-order valence-electron chi connectivity index (χ2n) is 6.01. The van der Waals surface area contributed by atoms with Gasteiger partial charge < -0.3 is 21.5 Å². The molecular weight excluding hydrogens is 260 g/mol. The number of hydrogen-bond acceptors (Lipinski definition) is 4. The minimum Gasteiger partial charge on any atom is -0.390 e. The number of likely N-dealkylation sites (N-methyl/N-ethyl adjacent to an activating group) is 1. The molecule has 0 spiro atoms. The molecule has 20 heavy (non-hydrogen) atoms. The standard InChI is InChI=1S/C13H24N4O3/c1-16(12(15)20)7-10(18)8-17-9-3-2-5-13(17,6-4-9)11(14)19/h9-10,18H,2-8H2,1H3,(H2,14,19)(H2,15,20)/t9-,10?,13+/m1/s1. The first kappa shape index (κ1) is 15.1. The molecule has 2 heterocycles. The van der Waals surface area contributed by atoms with Crippen LogP contribution in [-0.4, -0.2) is 64.7 Å². The summed E-state index contributed by atoms with van der Waals surface area (Å²) in [5, 5.41) is 10.1. The quantitative estimate of drug-likeness (QED) is 0.615. The van der Waals surface area contributed by atoms with E-state index in [1.165, 1.54) is 4.90 Å². The monoisotopic (exact) mass is 284 g/mol. The number of nitrogens with two attached hydrogens (primary N) is 2. The van der Waals surface area contributed by atoms with E-state index in [9.17, 15) is 14.7 Å². The zero-order valence-corrected chi connectivity index (χ0v) is 11.9. The lowest BCUT2D eigenvalue weighted by Crippen LogP contribution is -2.60. The molecule has 5 N–H and O–H groups in total. The van der Waals surface area contributed by atoms with Gasteiger partial charge in [0.05, 0.1) is 6.10 Å². The van der Waals surface area contributed by atoms with E-state index in [0.717, 1.165) is 32.1 Å². The summed E-state index contributed by atoms with van der Waals surface area (Å²) in [6.07, 6.45) is 3.78. The number of urea groups is 1. The molecule has 2 aliphatic rings. The van der Waals surface area contributed by atoms with E-state index >= 15 is 0 Å². The lowest BCUT2D eigenvalue weighted by Gasteiger charge is -2.43. The molecule has 0 aliphatic carbocycles. The summed E-state index contributed by atoms with van der Waals surface area (Å²) in [6.45, 7) is 0.513. The first-order valence-electron chi connectivity index (χ1n) is 7.12. The number of carbonyl (C=O) groups excluding carboxylic acids is 2. The number of primary amides is 2.